The van der Waals surface area contributed by atoms with Crippen LogP contribution in [0, 0.1) is 0 Å². The van der Waals surface area contributed by atoms with Gasteiger partial charge in [-0.2, -0.15) is 4.98 Å². The van der Waals surface area contributed by atoms with Crippen LogP contribution in [0.25, 0.3) is 5.78 Å². The number of nitrogens with one attached hydrogen (secondary N) is 1. The summed E-state index contributed by atoms with van der Waals surface area (Å²) in [5.74, 6) is 0.978. The van der Waals surface area contributed by atoms with Crippen LogP contribution in [0.2, 0.25) is 5.02 Å². The average Bonchev–Trinajstić information content (AvgIpc) is 3.04. The maximum atomic E-state index is 12.9. The molecule has 1 atom stereocenters. The van der Waals surface area contributed by atoms with Crippen LogP contribution in [0.1, 0.15) is 17.4 Å². The monoisotopic (exact) mass is 356 g/mol. The second-order valence-corrected chi connectivity index (χ2v) is 6.37. The Balaban J connectivity index is 1.56. The first-order valence-corrected chi connectivity index (χ1v) is 8.50. The third-order valence-corrected chi connectivity index (χ3v) is 4.50. The number of benzene rings is 1. The maximum absolute atomic E-state index is 12.9. The first-order chi connectivity index (χ1) is 12.2. The van der Waals surface area contributed by atoms with Gasteiger partial charge in [-0.3, -0.25) is 4.79 Å². The number of rotatable bonds is 3. The van der Waals surface area contributed by atoms with Crippen molar-refractivity contribution < 1.29 is 4.79 Å². The molecule has 25 heavy (non-hydrogen) atoms. The van der Waals surface area contributed by atoms with Crippen molar-refractivity contribution in [1.29, 1.82) is 0 Å². The molecule has 1 saturated heterocycles. The van der Waals surface area contributed by atoms with Gasteiger partial charge in [0.2, 0.25) is 5.91 Å². The fourth-order valence-electron chi connectivity index (χ4n) is 3.10. The zero-order valence-corrected chi connectivity index (χ0v) is 14.2. The highest BCUT2D eigenvalue weighted by molar-refractivity contribution is 6.30. The van der Waals surface area contributed by atoms with Crippen molar-refractivity contribution in [2.45, 2.75) is 12.5 Å². The molecule has 4 rings (SSSR count). The summed E-state index contributed by atoms with van der Waals surface area (Å²) >= 11 is 6.11. The lowest BCUT2D eigenvalue weighted by Crippen LogP contribution is -2.49. The van der Waals surface area contributed by atoms with Gasteiger partial charge in [0.15, 0.2) is 5.82 Å². The third kappa shape index (κ3) is 3.33. The number of halogens is 1. The Hall–Kier alpha value is -2.51. The second kappa shape index (κ2) is 6.78. The lowest BCUT2D eigenvalue weighted by Gasteiger charge is -2.36. The maximum Gasteiger partial charge on any atom is 0.252 e. The Bertz CT molecular complexity index is 878. The Labute approximate surface area is 149 Å². The quantitative estimate of drug-likeness (QED) is 0.769. The van der Waals surface area contributed by atoms with Gasteiger partial charge in [0.05, 0.1) is 12.5 Å². The van der Waals surface area contributed by atoms with Crippen LogP contribution in [0.5, 0.6) is 0 Å². The number of piperazine rings is 1. The normalized spacial score (nSPS) is 17.8. The zero-order chi connectivity index (χ0) is 17.2. The number of hydrogen-bond acceptors (Lipinski definition) is 5. The van der Waals surface area contributed by atoms with E-state index in [2.05, 4.69) is 20.4 Å². The first kappa shape index (κ1) is 16.0. The molecule has 0 saturated carbocycles. The summed E-state index contributed by atoms with van der Waals surface area (Å²) in [4.78, 5) is 23.2. The number of aromatic nitrogens is 4. The van der Waals surface area contributed by atoms with E-state index in [0.717, 1.165) is 12.1 Å². The summed E-state index contributed by atoms with van der Waals surface area (Å²) < 4.78 is 1.58. The molecule has 1 aromatic carbocycles. The van der Waals surface area contributed by atoms with Crippen molar-refractivity contribution in [1.82, 2.24) is 29.8 Å². The van der Waals surface area contributed by atoms with E-state index in [-0.39, 0.29) is 18.4 Å². The van der Waals surface area contributed by atoms with E-state index < -0.39 is 0 Å². The number of fused-ring (bicyclic) bond motifs is 1. The summed E-state index contributed by atoms with van der Waals surface area (Å²) in [6.45, 7) is 2.11. The van der Waals surface area contributed by atoms with E-state index in [1.807, 2.05) is 29.2 Å². The molecule has 128 valence electrons. The Morgan fingerprint density at radius 2 is 2.28 bits per heavy atom. The number of hydrogen-bond donors (Lipinski definition) is 1. The summed E-state index contributed by atoms with van der Waals surface area (Å²) in [7, 11) is 0. The largest absolute Gasteiger partial charge is 0.333 e. The molecule has 7 nitrogen and oxygen atoms in total. The lowest BCUT2D eigenvalue weighted by atomic mass is 10.0. The van der Waals surface area contributed by atoms with E-state index in [9.17, 15) is 4.79 Å². The van der Waals surface area contributed by atoms with E-state index in [1.54, 1.807) is 23.0 Å². The molecule has 1 fully saturated rings. The summed E-state index contributed by atoms with van der Waals surface area (Å²) in [6.07, 6.45) is 3.57. The Morgan fingerprint density at radius 1 is 1.36 bits per heavy atom. The summed E-state index contributed by atoms with van der Waals surface area (Å²) in [5.41, 5.74) is 1.03. The molecule has 1 aliphatic heterocycles. The summed E-state index contributed by atoms with van der Waals surface area (Å²) in [5, 5.41) is 8.33. The number of carbonyl (C=O) groups is 1. The topological polar surface area (TPSA) is 75.4 Å². The van der Waals surface area contributed by atoms with Crippen LogP contribution in [0.3, 0.4) is 0 Å². The molecule has 1 amide bonds. The van der Waals surface area contributed by atoms with Crippen molar-refractivity contribution in [3.8, 4) is 0 Å². The van der Waals surface area contributed by atoms with Crippen LogP contribution in [-0.4, -0.2) is 50.0 Å². The van der Waals surface area contributed by atoms with Gasteiger partial charge >= 0.3 is 0 Å². The standard InChI is InChI=1S/C17H17ClN6O/c18-13-4-1-3-12(9-13)14-11-19-6-8-23(14)16(25)10-15-21-17-20-5-2-7-24(17)22-15/h1-5,7,9,14,19H,6,8,10-11H2. The fourth-order valence-corrected chi connectivity index (χ4v) is 3.30. The van der Waals surface area contributed by atoms with Crippen molar-refractivity contribution in [2.75, 3.05) is 19.6 Å². The molecular formula is C17H17ClN6O. The van der Waals surface area contributed by atoms with Crippen molar-refractivity contribution in [3.05, 3.63) is 59.1 Å². The van der Waals surface area contributed by atoms with Gasteiger partial charge in [0.25, 0.3) is 5.78 Å². The highest BCUT2D eigenvalue weighted by Gasteiger charge is 2.28. The van der Waals surface area contributed by atoms with Gasteiger partial charge in [-0.25, -0.2) is 9.50 Å². The molecule has 0 aliphatic carbocycles. The minimum atomic E-state index is -0.0462. The molecular weight excluding hydrogens is 340 g/mol. The molecule has 1 N–H and O–H groups in total. The minimum Gasteiger partial charge on any atom is -0.333 e. The van der Waals surface area contributed by atoms with E-state index in [4.69, 9.17) is 11.6 Å². The van der Waals surface area contributed by atoms with Crippen LogP contribution < -0.4 is 5.32 Å². The van der Waals surface area contributed by atoms with E-state index in [1.165, 1.54) is 0 Å². The molecule has 1 aliphatic rings. The van der Waals surface area contributed by atoms with Crippen LogP contribution in [-0.2, 0) is 11.2 Å². The van der Waals surface area contributed by atoms with Gasteiger partial charge in [-0.15, -0.1) is 5.10 Å². The molecule has 3 heterocycles. The van der Waals surface area contributed by atoms with Crippen molar-refractivity contribution in [2.24, 2.45) is 0 Å². The fraction of sp³-hybridized carbons (Fsp3) is 0.294. The van der Waals surface area contributed by atoms with Crippen molar-refractivity contribution >= 4 is 23.3 Å². The minimum absolute atomic E-state index is 0.00221. The first-order valence-electron chi connectivity index (χ1n) is 8.12. The second-order valence-electron chi connectivity index (χ2n) is 5.93. The summed E-state index contributed by atoms with van der Waals surface area (Å²) in [6, 6.07) is 9.38. The van der Waals surface area contributed by atoms with Crippen LogP contribution in [0.15, 0.2) is 42.7 Å². The average molecular weight is 357 g/mol. The molecule has 0 spiro atoms. The van der Waals surface area contributed by atoms with Gasteiger partial charge in [-0.1, -0.05) is 23.7 Å². The third-order valence-electron chi connectivity index (χ3n) is 4.27. The molecule has 0 radical (unpaired) electrons. The molecule has 0 bridgehead atoms. The van der Waals surface area contributed by atoms with Gasteiger partial charge < -0.3 is 10.2 Å². The Morgan fingerprint density at radius 3 is 3.12 bits per heavy atom. The highest BCUT2D eigenvalue weighted by Crippen LogP contribution is 2.25. The van der Waals surface area contributed by atoms with Gasteiger partial charge in [0, 0.05) is 37.1 Å². The zero-order valence-electron chi connectivity index (χ0n) is 13.5. The van der Waals surface area contributed by atoms with E-state index >= 15 is 0 Å². The van der Waals surface area contributed by atoms with Crippen LogP contribution >= 0.6 is 11.6 Å². The molecule has 2 aromatic heterocycles. The molecule has 3 aromatic rings. The van der Waals surface area contributed by atoms with Crippen molar-refractivity contribution in [3.63, 3.8) is 0 Å². The van der Waals surface area contributed by atoms with Gasteiger partial charge in [-0.05, 0) is 23.8 Å². The highest BCUT2D eigenvalue weighted by atomic mass is 35.5. The number of nitrogens with zero attached hydrogens (tertiary/aromatic N) is 5. The predicted octanol–water partition coefficient (Wildman–Crippen LogP) is 1.49. The molecule has 8 heteroatoms. The van der Waals surface area contributed by atoms with E-state index in [0.29, 0.717) is 29.7 Å². The SMILES string of the molecule is O=C(Cc1nc2ncccn2n1)N1CCNCC1c1cccc(Cl)c1. The number of carbonyl (C=O) groups excluding carboxylic acids is 1. The predicted molar refractivity (Wildman–Crippen MR) is 93.3 cm³/mol. The van der Waals surface area contributed by atoms with Crippen LogP contribution in [0.4, 0.5) is 0 Å². The lowest BCUT2D eigenvalue weighted by molar-refractivity contribution is -0.133. The smallest absolute Gasteiger partial charge is 0.252 e. The van der Waals surface area contributed by atoms with Gasteiger partial charge in [0.1, 0.15) is 0 Å². The number of amides is 1. The Kier molecular flexibility index (Phi) is 4.33. The molecule has 1 unspecified atom stereocenters.